The molecule has 0 N–H and O–H groups in total. The number of aromatic nitrogens is 2. The second-order valence-corrected chi connectivity index (χ2v) is 9.21. The van der Waals surface area contributed by atoms with Gasteiger partial charge < -0.3 is 14.4 Å². The standard InChI is InChI=1S/C27H31N3O4/c1-33-21-7-4-6-19(16-21)17-29(18-22-8-5-15-34-22)26(31)14-13-25-28-24-10-3-2-9-23(24)27(32)30(25)20-11-12-20/h2-4,6-7,9-10,16,20,22H,5,8,11-15,17-18H2,1H3. The molecule has 0 bridgehead atoms. The molecule has 2 aromatic carbocycles. The van der Waals surface area contributed by atoms with Gasteiger partial charge in [-0.2, -0.15) is 0 Å². The van der Waals surface area contributed by atoms with Crippen LogP contribution in [0.15, 0.2) is 53.3 Å². The largest absolute Gasteiger partial charge is 0.497 e. The number of ether oxygens (including phenoxy) is 2. The summed E-state index contributed by atoms with van der Waals surface area (Å²) in [6.07, 6.45) is 4.78. The minimum absolute atomic E-state index is 0.00291. The normalized spacial score (nSPS) is 17.7. The minimum Gasteiger partial charge on any atom is -0.497 e. The van der Waals surface area contributed by atoms with Gasteiger partial charge in [0, 0.05) is 38.6 Å². The molecule has 34 heavy (non-hydrogen) atoms. The van der Waals surface area contributed by atoms with Crippen LogP contribution in [0.3, 0.4) is 0 Å². The third kappa shape index (κ3) is 4.99. The Morgan fingerprint density at radius 1 is 1.18 bits per heavy atom. The van der Waals surface area contributed by atoms with Gasteiger partial charge in [-0.3, -0.25) is 14.2 Å². The number of benzene rings is 2. The third-order valence-corrected chi connectivity index (χ3v) is 6.66. The van der Waals surface area contributed by atoms with Crippen molar-refractivity contribution in [3.05, 3.63) is 70.3 Å². The number of carbonyl (C=O) groups excluding carboxylic acids is 1. The Labute approximate surface area is 199 Å². The molecule has 1 atom stereocenters. The van der Waals surface area contributed by atoms with Crippen molar-refractivity contribution in [1.82, 2.24) is 14.5 Å². The molecule has 1 aliphatic heterocycles. The van der Waals surface area contributed by atoms with Crippen LogP contribution in [0.1, 0.15) is 49.5 Å². The molecular weight excluding hydrogens is 430 g/mol. The first-order valence-electron chi connectivity index (χ1n) is 12.1. The summed E-state index contributed by atoms with van der Waals surface area (Å²) >= 11 is 0. The van der Waals surface area contributed by atoms with Crippen molar-refractivity contribution in [1.29, 1.82) is 0 Å². The monoisotopic (exact) mass is 461 g/mol. The number of para-hydroxylation sites is 1. The Hall–Kier alpha value is -3.19. The Bertz CT molecular complexity index is 1230. The van der Waals surface area contributed by atoms with Gasteiger partial charge in [-0.1, -0.05) is 24.3 Å². The van der Waals surface area contributed by atoms with E-state index in [-0.39, 0.29) is 23.6 Å². The van der Waals surface area contributed by atoms with Crippen LogP contribution in [-0.2, 0) is 22.5 Å². The highest BCUT2D eigenvalue weighted by Gasteiger charge is 2.29. The summed E-state index contributed by atoms with van der Waals surface area (Å²) in [7, 11) is 1.64. The van der Waals surface area contributed by atoms with Crippen molar-refractivity contribution in [2.75, 3.05) is 20.3 Å². The van der Waals surface area contributed by atoms with Crippen LogP contribution in [0.2, 0.25) is 0 Å². The topological polar surface area (TPSA) is 73.7 Å². The van der Waals surface area contributed by atoms with Gasteiger partial charge in [0.1, 0.15) is 11.6 Å². The Morgan fingerprint density at radius 3 is 2.79 bits per heavy atom. The molecule has 1 aromatic heterocycles. The molecule has 1 amide bonds. The van der Waals surface area contributed by atoms with Gasteiger partial charge in [-0.15, -0.1) is 0 Å². The van der Waals surface area contributed by atoms with Crippen molar-refractivity contribution in [2.45, 2.75) is 57.2 Å². The SMILES string of the molecule is COc1cccc(CN(CC2CCCO2)C(=O)CCc2nc3ccccc3c(=O)n2C2CC2)c1. The second kappa shape index (κ2) is 9.97. The number of fused-ring (bicyclic) bond motifs is 1. The van der Waals surface area contributed by atoms with Crippen LogP contribution in [0.5, 0.6) is 5.75 Å². The highest BCUT2D eigenvalue weighted by Crippen LogP contribution is 2.35. The van der Waals surface area contributed by atoms with Gasteiger partial charge in [0.15, 0.2) is 0 Å². The summed E-state index contributed by atoms with van der Waals surface area (Å²) in [4.78, 5) is 33.2. The predicted molar refractivity (Wildman–Crippen MR) is 130 cm³/mol. The molecule has 0 spiro atoms. The molecule has 1 aliphatic carbocycles. The number of carbonyl (C=O) groups is 1. The molecule has 2 heterocycles. The first kappa shape index (κ1) is 22.6. The molecule has 1 saturated heterocycles. The molecule has 1 unspecified atom stereocenters. The van der Waals surface area contributed by atoms with Crippen LogP contribution in [0.25, 0.3) is 10.9 Å². The van der Waals surface area contributed by atoms with Crippen molar-refractivity contribution in [3.8, 4) is 5.75 Å². The average Bonchev–Trinajstić information content (AvgIpc) is 3.56. The van der Waals surface area contributed by atoms with Crippen LogP contribution >= 0.6 is 0 Å². The van der Waals surface area contributed by atoms with E-state index < -0.39 is 0 Å². The second-order valence-electron chi connectivity index (χ2n) is 9.21. The summed E-state index contributed by atoms with van der Waals surface area (Å²) in [5.74, 6) is 1.52. The Kier molecular flexibility index (Phi) is 6.63. The van der Waals surface area contributed by atoms with Gasteiger partial charge in [0.2, 0.25) is 5.91 Å². The van der Waals surface area contributed by atoms with Crippen LogP contribution in [-0.4, -0.2) is 46.7 Å². The summed E-state index contributed by atoms with van der Waals surface area (Å²) in [5, 5.41) is 0.641. The Morgan fingerprint density at radius 2 is 2.03 bits per heavy atom. The van der Waals surface area contributed by atoms with E-state index in [4.69, 9.17) is 14.5 Å². The summed E-state index contributed by atoms with van der Waals surface area (Å²) in [6, 6.07) is 15.5. The first-order valence-corrected chi connectivity index (χ1v) is 12.1. The lowest BCUT2D eigenvalue weighted by Gasteiger charge is -2.26. The lowest BCUT2D eigenvalue weighted by atomic mass is 10.1. The smallest absolute Gasteiger partial charge is 0.261 e. The van der Waals surface area contributed by atoms with E-state index in [1.807, 2.05) is 58.0 Å². The lowest BCUT2D eigenvalue weighted by Crippen LogP contribution is -2.37. The van der Waals surface area contributed by atoms with E-state index in [1.165, 1.54) is 0 Å². The fourth-order valence-electron chi connectivity index (χ4n) is 4.73. The number of methoxy groups -OCH3 is 1. The number of aryl methyl sites for hydroxylation is 1. The molecule has 7 nitrogen and oxygen atoms in total. The zero-order valence-corrected chi connectivity index (χ0v) is 19.6. The highest BCUT2D eigenvalue weighted by molar-refractivity contribution is 5.78. The maximum absolute atomic E-state index is 13.4. The highest BCUT2D eigenvalue weighted by atomic mass is 16.5. The zero-order valence-electron chi connectivity index (χ0n) is 19.6. The molecular formula is C27H31N3O4. The summed E-state index contributed by atoms with van der Waals surface area (Å²) < 4.78 is 13.0. The summed E-state index contributed by atoms with van der Waals surface area (Å²) in [6.45, 7) is 1.81. The quantitative estimate of drug-likeness (QED) is 0.484. The molecule has 178 valence electrons. The molecule has 2 fully saturated rings. The van der Waals surface area contributed by atoms with Crippen LogP contribution in [0, 0.1) is 0 Å². The molecule has 3 aromatic rings. The van der Waals surface area contributed by atoms with E-state index in [0.717, 1.165) is 43.6 Å². The predicted octanol–water partition coefficient (Wildman–Crippen LogP) is 3.88. The molecule has 2 aliphatic rings. The van der Waals surface area contributed by atoms with Gasteiger partial charge >= 0.3 is 0 Å². The Balaban J connectivity index is 1.36. The van der Waals surface area contributed by atoms with E-state index >= 15 is 0 Å². The van der Waals surface area contributed by atoms with Crippen molar-refractivity contribution in [3.63, 3.8) is 0 Å². The van der Waals surface area contributed by atoms with Crippen molar-refractivity contribution >= 4 is 16.8 Å². The average molecular weight is 462 g/mol. The number of amides is 1. The molecule has 5 rings (SSSR count). The summed E-state index contributed by atoms with van der Waals surface area (Å²) in [5.41, 5.74) is 1.71. The van der Waals surface area contributed by atoms with Crippen LogP contribution < -0.4 is 10.3 Å². The van der Waals surface area contributed by atoms with Gasteiger partial charge in [0.25, 0.3) is 5.56 Å². The number of rotatable bonds is 9. The van der Waals surface area contributed by atoms with Gasteiger partial charge in [-0.25, -0.2) is 4.98 Å². The third-order valence-electron chi connectivity index (χ3n) is 6.66. The molecule has 1 saturated carbocycles. The van der Waals surface area contributed by atoms with Crippen molar-refractivity contribution < 1.29 is 14.3 Å². The number of hydrogen-bond donors (Lipinski definition) is 0. The molecule has 7 heteroatoms. The molecule has 0 radical (unpaired) electrons. The van der Waals surface area contributed by atoms with E-state index in [1.54, 1.807) is 7.11 Å². The van der Waals surface area contributed by atoms with Crippen molar-refractivity contribution in [2.24, 2.45) is 0 Å². The minimum atomic E-state index is 0.00291. The lowest BCUT2D eigenvalue weighted by molar-refractivity contribution is -0.133. The van der Waals surface area contributed by atoms with E-state index in [0.29, 0.717) is 42.7 Å². The maximum atomic E-state index is 13.4. The zero-order chi connectivity index (χ0) is 23.5. The number of nitrogens with zero attached hydrogens (tertiary/aromatic N) is 3. The fourth-order valence-corrected chi connectivity index (χ4v) is 4.73. The van der Waals surface area contributed by atoms with Gasteiger partial charge in [0.05, 0.1) is 24.1 Å². The number of hydrogen-bond acceptors (Lipinski definition) is 5. The van der Waals surface area contributed by atoms with Gasteiger partial charge in [-0.05, 0) is 55.5 Å². The maximum Gasteiger partial charge on any atom is 0.261 e. The van der Waals surface area contributed by atoms with E-state index in [9.17, 15) is 9.59 Å². The van der Waals surface area contributed by atoms with Crippen LogP contribution in [0.4, 0.5) is 0 Å². The van der Waals surface area contributed by atoms with E-state index in [2.05, 4.69) is 0 Å². The fraction of sp³-hybridized carbons (Fsp3) is 0.444. The first-order chi connectivity index (χ1) is 16.6.